The molecule has 21 heavy (non-hydrogen) atoms. The molecule has 1 atom stereocenters. The highest BCUT2D eigenvalue weighted by Crippen LogP contribution is 2.46. The zero-order valence-corrected chi connectivity index (χ0v) is 14.7. The lowest BCUT2D eigenvalue weighted by molar-refractivity contribution is 0.0770. The Morgan fingerprint density at radius 2 is 1.48 bits per heavy atom. The fourth-order valence-corrected chi connectivity index (χ4v) is 4.55. The van der Waals surface area contributed by atoms with Crippen molar-refractivity contribution in [2.45, 2.75) is 72.9 Å². The van der Waals surface area contributed by atoms with Crippen LogP contribution in [0, 0.1) is 16.7 Å². The lowest BCUT2D eigenvalue weighted by atomic mass is 9.63. The predicted molar refractivity (Wildman–Crippen MR) is 92.4 cm³/mol. The highest BCUT2D eigenvalue weighted by molar-refractivity contribution is 5.19. The first-order valence-electron chi connectivity index (χ1n) is 8.50. The van der Waals surface area contributed by atoms with Crippen LogP contribution in [0.4, 0.5) is 0 Å². The van der Waals surface area contributed by atoms with Gasteiger partial charge in [0.05, 0.1) is 0 Å². The quantitative estimate of drug-likeness (QED) is 0.762. The molecule has 0 radical (unpaired) electrons. The van der Waals surface area contributed by atoms with E-state index in [9.17, 15) is 0 Å². The van der Waals surface area contributed by atoms with E-state index < -0.39 is 0 Å². The monoisotopic (exact) mass is 287 g/mol. The van der Waals surface area contributed by atoms with Crippen molar-refractivity contribution in [3.63, 3.8) is 0 Å². The number of nitrogens with one attached hydrogen (secondary N) is 1. The van der Waals surface area contributed by atoms with Gasteiger partial charge in [0.25, 0.3) is 0 Å². The van der Waals surface area contributed by atoms with Gasteiger partial charge in [0.2, 0.25) is 0 Å². The minimum atomic E-state index is 0.442. The van der Waals surface area contributed by atoms with Crippen LogP contribution in [0.5, 0.6) is 0 Å². The van der Waals surface area contributed by atoms with Crippen molar-refractivity contribution in [3.8, 4) is 0 Å². The Morgan fingerprint density at radius 1 is 0.952 bits per heavy atom. The Bertz CT molecular complexity index is 428. The van der Waals surface area contributed by atoms with Gasteiger partial charge in [-0.05, 0) is 41.6 Å². The molecule has 1 aromatic rings. The fraction of sp³-hybridized carbons (Fsp3) is 0.700. The summed E-state index contributed by atoms with van der Waals surface area (Å²) in [5.41, 5.74) is 2.31. The van der Waals surface area contributed by atoms with E-state index in [1.165, 1.54) is 24.8 Å². The summed E-state index contributed by atoms with van der Waals surface area (Å²) >= 11 is 0. The number of rotatable bonds is 4. The minimum absolute atomic E-state index is 0.442. The normalized spacial score (nSPS) is 23.2. The second-order valence-corrected chi connectivity index (χ2v) is 8.91. The molecule has 118 valence electrons. The van der Waals surface area contributed by atoms with Crippen molar-refractivity contribution in [3.05, 3.63) is 35.9 Å². The summed E-state index contributed by atoms with van der Waals surface area (Å²) in [5.74, 6) is 0.612. The number of benzene rings is 1. The second kappa shape index (κ2) is 6.12. The summed E-state index contributed by atoms with van der Waals surface area (Å²) in [4.78, 5) is 0. The third kappa shape index (κ3) is 4.57. The summed E-state index contributed by atoms with van der Waals surface area (Å²) in [6.07, 6.45) is 3.90. The Kier molecular flexibility index (Phi) is 4.82. The van der Waals surface area contributed by atoms with Gasteiger partial charge < -0.3 is 5.32 Å². The van der Waals surface area contributed by atoms with Crippen molar-refractivity contribution in [1.29, 1.82) is 0 Å². The highest BCUT2D eigenvalue weighted by atomic mass is 15.0. The van der Waals surface area contributed by atoms with Crippen LogP contribution in [0.25, 0.3) is 0 Å². The molecule has 0 amide bonds. The molecule has 0 aliphatic heterocycles. The van der Waals surface area contributed by atoms with Crippen LogP contribution in [-0.2, 0) is 0 Å². The zero-order chi connectivity index (χ0) is 15.7. The second-order valence-electron chi connectivity index (χ2n) is 8.91. The Balaban J connectivity index is 2.14. The van der Waals surface area contributed by atoms with Crippen LogP contribution in [0.15, 0.2) is 30.3 Å². The molecule has 1 nitrogen and oxygen atoms in total. The van der Waals surface area contributed by atoms with Gasteiger partial charge in [-0.3, -0.25) is 0 Å². The maximum Gasteiger partial charge on any atom is 0.0345 e. The molecular formula is C20H33N. The molecule has 1 N–H and O–H groups in total. The van der Waals surface area contributed by atoms with E-state index in [2.05, 4.69) is 77.2 Å². The zero-order valence-electron chi connectivity index (χ0n) is 14.7. The summed E-state index contributed by atoms with van der Waals surface area (Å²) in [7, 11) is 0. The largest absolute Gasteiger partial charge is 0.307 e. The fourth-order valence-electron chi connectivity index (χ4n) is 4.55. The van der Waals surface area contributed by atoms with Gasteiger partial charge in [-0.2, -0.15) is 0 Å². The van der Waals surface area contributed by atoms with Gasteiger partial charge in [-0.25, -0.2) is 0 Å². The van der Waals surface area contributed by atoms with Gasteiger partial charge >= 0.3 is 0 Å². The lowest BCUT2D eigenvalue weighted by Gasteiger charge is -2.46. The molecule has 0 aromatic heterocycles. The third-order valence-electron chi connectivity index (χ3n) is 4.80. The molecule has 0 spiro atoms. The first-order valence-corrected chi connectivity index (χ1v) is 8.50. The first-order chi connectivity index (χ1) is 9.69. The Labute approximate surface area is 131 Å². The molecule has 0 bridgehead atoms. The third-order valence-corrected chi connectivity index (χ3v) is 4.80. The lowest BCUT2D eigenvalue weighted by Crippen LogP contribution is -2.46. The summed E-state index contributed by atoms with van der Waals surface area (Å²) < 4.78 is 0. The van der Waals surface area contributed by atoms with Crippen molar-refractivity contribution >= 4 is 0 Å². The predicted octanol–water partition coefficient (Wildman–Crippen LogP) is 5.58. The van der Waals surface area contributed by atoms with Gasteiger partial charge in [-0.1, -0.05) is 71.9 Å². The van der Waals surface area contributed by atoms with Crippen LogP contribution < -0.4 is 5.32 Å². The highest BCUT2D eigenvalue weighted by Gasteiger charge is 2.39. The van der Waals surface area contributed by atoms with Crippen LogP contribution >= 0.6 is 0 Å². The van der Waals surface area contributed by atoms with E-state index in [1.807, 2.05) is 0 Å². The standard InChI is InChI=1S/C20H33N/c1-15(2)18(16-10-8-7-9-11-16)21-17-12-19(3,4)14-20(5,6)13-17/h7-11,15,17-18,21H,12-14H2,1-6H3. The van der Waals surface area contributed by atoms with Crippen molar-refractivity contribution in [1.82, 2.24) is 5.32 Å². The van der Waals surface area contributed by atoms with Gasteiger partial charge in [0, 0.05) is 12.1 Å². The van der Waals surface area contributed by atoms with E-state index >= 15 is 0 Å². The van der Waals surface area contributed by atoms with Crippen LogP contribution in [0.1, 0.15) is 72.4 Å². The van der Waals surface area contributed by atoms with Crippen molar-refractivity contribution < 1.29 is 0 Å². The van der Waals surface area contributed by atoms with E-state index in [1.54, 1.807) is 0 Å². The molecule has 2 rings (SSSR count). The molecule has 0 saturated heterocycles. The van der Waals surface area contributed by atoms with Crippen molar-refractivity contribution in [2.24, 2.45) is 16.7 Å². The smallest absolute Gasteiger partial charge is 0.0345 e. The molecule has 1 aliphatic rings. The van der Waals surface area contributed by atoms with Crippen LogP contribution in [-0.4, -0.2) is 6.04 Å². The van der Waals surface area contributed by atoms with Gasteiger partial charge in [0.15, 0.2) is 0 Å². The average Bonchev–Trinajstić information content (AvgIpc) is 2.33. The van der Waals surface area contributed by atoms with E-state index in [-0.39, 0.29) is 0 Å². The molecule has 1 aliphatic carbocycles. The van der Waals surface area contributed by atoms with E-state index in [4.69, 9.17) is 0 Å². The molecule has 1 unspecified atom stereocenters. The van der Waals surface area contributed by atoms with Crippen LogP contribution in [0.3, 0.4) is 0 Å². The summed E-state index contributed by atoms with van der Waals surface area (Å²) in [6.45, 7) is 14.4. The number of hydrogen-bond acceptors (Lipinski definition) is 1. The van der Waals surface area contributed by atoms with E-state index in [0.29, 0.717) is 28.8 Å². The molecule has 1 saturated carbocycles. The number of hydrogen-bond donors (Lipinski definition) is 1. The molecule has 0 heterocycles. The molecule has 1 heteroatoms. The molecule has 1 aromatic carbocycles. The first kappa shape index (κ1) is 16.5. The molecule has 1 fully saturated rings. The minimum Gasteiger partial charge on any atom is -0.307 e. The summed E-state index contributed by atoms with van der Waals surface area (Å²) in [5, 5.41) is 3.98. The SMILES string of the molecule is CC(C)C(NC1CC(C)(C)CC(C)(C)C1)c1ccccc1. The maximum absolute atomic E-state index is 3.98. The Hall–Kier alpha value is -0.820. The summed E-state index contributed by atoms with van der Waals surface area (Å²) in [6, 6.07) is 12.0. The van der Waals surface area contributed by atoms with Crippen LogP contribution in [0.2, 0.25) is 0 Å². The topological polar surface area (TPSA) is 12.0 Å². The van der Waals surface area contributed by atoms with Gasteiger partial charge in [-0.15, -0.1) is 0 Å². The van der Waals surface area contributed by atoms with Crippen molar-refractivity contribution in [2.75, 3.05) is 0 Å². The molecular weight excluding hydrogens is 254 g/mol. The average molecular weight is 287 g/mol. The Morgan fingerprint density at radius 3 is 1.95 bits per heavy atom. The van der Waals surface area contributed by atoms with E-state index in [0.717, 1.165) is 0 Å². The maximum atomic E-state index is 3.98. The van der Waals surface area contributed by atoms with Gasteiger partial charge in [0.1, 0.15) is 0 Å².